The number of hydrogen-bond donors (Lipinski definition) is 1. The summed E-state index contributed by atoms with van der Waals surface area (Å²) in [5.41, 5.74) is 0.793. The fourth-order valence-electron chi connectivity index (χ4n) is 1.23. The zero-order valence-electron chi connectivity index (χ0n) is 9.53. The van der Waals surface area contributed by atoms with Crippen LogP contribution in [0.2, 0.25) is 0 Å². The molecule has 0 bridgehead atoms. The summed E-state index contributed by atoms with van der Waals surface area (Å²) < 4.78 is 3.90. The second-order valence-corrected chi connectivity index (χ2v) is 5.17. The average molecular weight is 224 g/mol. The van der Waals surface area contributed by atoms with E-state index in [0.717, 1.165) is 10.6 Å². The summed E-state index contributed by atoms with van der Waals surface area (Å²) in [6.07, 6.45) is -0.115. The first-order valence-electron chi connectivity index (χ1n) is 4.87. The molecule has 0 saturated heterocycles. The van der Waals surface area contributed by atoms with E-state index in [-0.39, 0.29) is 5.41 Å². The van der Waals surface area contributed by atoms with E-state index in [1.807, 2.05) is 0 Å². The molecule has 1 heterocycles. The lowest BCUT2D eigenvalue weighted by molar-refractivity contribution is 0.185. The molecule has 1 aromatic rings. The summed E-state index contributed by atoms with van der Waals surface area (Å²) in [5.74, 6) is 5.64. The normalized spacial score (nSPS) is 13.1. The number of aliphatic hydroxyl groups excluding tert-OH is 1. The molecule has 3 nitrogen and oxygen atoms in total. The van der Waals surface area contributed by atoms with Crippen LogP contribution in [0.15, 0.2) is 0 Å². The highest BCUT2D eigenvalue weighted by atomic mass is 32.1. The summed E-state index contributed by atoms with van der Waals surface area (Å²) in [6.45, 7) is 7.95. The summed E-state index contributed by atoms with van der Waals surface area (Å²) in [6, 6.07) is 0. The Bertz CT molecular complexity index is 381. The number of aliphatic hydroxyl groups is 1. The van der Waals surface area contributed by atoms with Crippen molar-refractivity contribution >= 4 is 11.5 Å². The van der Waals surface area contributed by atoms with E-state index < -0.39 is 6.10 Å². The molecule has 0 spiro atoms. The van der Waals surface area contributed by atoms with Crippen LogP contribution in [-0.2, 0) is 5.41 Å². The van der Waals surface area contributed by atoms with Gasteiger partial charge in [-0.1, -0.05) is 25.3 Å². The number of rotatable bonds is 2. The van der Waals surface area contributed by atoms with Gasteiger partial charge in [-0.15, -0.1) is 16.9 Å². The molecule has 1 rings (SSSR count). The molecular weight excluding hydrogens is 208 g/mol. The van der Waals surface area contributed by atoms with Gasteiger partial charge < -0.3 is 5.11 Å². The quantitative estimate of drug-likeness (QED) is 0.784. The topological polar surface area (TPSA) is 46.0 Å². The first kappa shape index (κ1) is 12.2. The van der Waals surface area contributed by atoms with E-state index in [9.17, 15) is 5.11 Å². The molecule has 15 heavy (non-hydrogen) atoms. The summed E-state index contributed by atoms with van der Waals surface area (Å²) in [7, 11) is 0. The first-order chi connectivity index (χ1) is 6.96. The molecule has 1 aromatic heterocycles. The van der Waals surface area contributed by atoms with Crippen LogP contribution in [0.1, 0.15) is 50.8 Å². The zero-order chi connectivity index (χ0) is 11.5. The molecule has 1 atom stereocenters. The molecule has 0 fully saturated rings. The van der Waals surface area contributed by atoms with Gasteiger partial charge in [0.05, 0.1) is 10.6 Å². The van der Waals surface area contributed by atoms with Crippen LogP contribution < -0.4 is 0 Å². The Balaban J connectivity index is 2.93. The molecule has 0 amide bonds. The third-order valence-corrected chi connectivity index (χ3v) is 2.82. The van der Waals surface area contributed by atoms with E-state index >= 15 is 0 Å². The first-order valence-corrected chi connectivity index (χ1v) is 5.64. The molecule has 0 radical (unpaired) electrons. The highest BCUT2D eigenvalue weighted by molar-refractivity contribution is 7.05. The van der Waals surface area contributed by atoms with Crippen LogP contribution in [0.3, 0.4) is 0 Å². The molecular formula is C11H16N2OS. The maximum absolute atomic E-state index is 9.91. The largest absolute Gasteiger partial charge is 0.386 e. The SMILES string of the molecule is CC#CCC(O)c1snnc1C(C)(C)C. The highest BCUT2D eigenvalue weighted by Crippen LogP contribution is 2.31. The van der Waals surface area contributed by atoms with Crippen molar-refractivity contribution in [3.63, 3.8) is 0 Å². The van der Waals surface area contributed by atoms with Gasteiger partial charge in [-0.2, -0.15) is 0 Å². The maximum atomic E-state index is 9.91. The van der Waals surface area contributed by atoms with Gasteiger partial charge in [-0.25, -0.2) is 0 Å². The molecule has 0 aliphatic rings. The average Bonchev–Trinajstić information content (AvgIpc) is 2.61. The fourth-order valence-corrected chi connectivity index (χ4v) is 2.08. The van der Waals surface area contributed by atoms with Crippen LogP contribution in [-0.4, -0.2) is 14.7 Å². The van der Waals surface area contributed by atoms with Crippen molar-refractivity contribution in [1.82, 2.24) is 9.59 Å². The second-order valence-electron chi connectivity index (χ2n) is 4.38. The van der Waals surface area contributed by atoms with Crippen LogP contribution >= 0.6 is 11.5 Å². The Hall–Kier alpha value is -0.920. The Kier molecular flexibility index (Phi) is 3.83. The smallest absolute Gasteiger partial charge is 0.103 e. The summed E-state index contributed by atoms with van der Waals surface area (Å²) >= 11 is 1.26. The minimum Gasteiger partial charge on any atom is -0.386 e. The van der Waals surface area contributed by atoms with Gasteiger partial charge >= 0.3 is 0 Å². The van der Waals surface area contributed by atoms with Crippen LogP contribution in [0.4, 0.5) is 0 Å². The highest BCUT2D eigenvalue weighted by Gasteiger charge is 2.25. The van der Waals surface area contributed by atoms with Gasteiger partial charge in [0.1, 0.15) is 6.10 Å². The van der Waals surface area contributed by atoms with Gasteiger partial charge in [0.25, 0.3) is 0 Å². The molecule has 82 valence electrons. The Morgan fingerprint density at radius 3 is 2.67 bits per heavy atom. The molecule has 0 aliphatic carbocycles. The lowest BCUT2D eigenvalue weighted by atomic mass is 9.90. The Labute approximate surface area is 94.7 Å². The van der Waals surface area contributed by atoms with Gasteiger partial charge in [0.2, 0.25) is 0 Å². The minimum atomic E-state index is -0.563. The standard InChI is InChI=1S/C11H16N2OS/c1-5-6-7-8(14)9-10(11(2,3)4)12-13-15-9/h8,14H,7H2,1-4H3. The van der Waals surface area contributed by atoms with Crippen molar-refractivity contribution in [3.05, 3.63) is 10.6 Å². The maximum Gasteiger partial charge on any atom is 0.103 e. The third kappa shape index (κ3) is 3.01. The van der Waals surface area contributed by atoms with Gasteiger partial charge in [0, 0.05) is 11.8 Å². The molecule has 1 unspecified atom stereocenters. The Morgan fingerprint density at radius 1 is 1.47 bits per heavy atom. The van der Waals surface area contributed by atoms with Crippen molar-refractivity contribution < 1.29 is 5.11 Å². The predicted octanol–water partition coefficient (Wildman–Crippen LogP) is 2.28. The van der Waals surface area contributed by atoms with Crippen LogP contribution in [0, 0.1) is 11.8 Å². The van der Waals surface area contributed by atoms with Crippen molar-refractivity contribution in [2.75, 3.05) is 0 Å². The molecule has 0 saturated carbocycles. The van der Waals surface area contributed by atoms with Crippen LogP contribution in [0.25, 0.3) is 0 Å². The van der Waals surface area contributed by atoms with E-state index in [0.29, 0.717) is 6.42 Å². The Morgan fingerprint density at radius 2 is 2.13 bits per heavy atom. The van der Waals surface area contributed by atoms with E-state index in [1.165, 1.54) is 11.5 Å². The van der Waals surface area contributed by atoms with E-state index in [1.54, 1.807) is 6.92 Å². The number of nitrogens with zero attached hydrogens (tertiary/aromatic N) is 2. The van der Waals surface area contributed by atoms with Crippen molar-refractivity contribution in [1.29, 1.82) is 0 Å². The lowest BCUT2D eigenvalue weighted by Gasteiger charge is -2.17. The van der Waals surface area contributed by atoms with Gasteiger partial charge in [-0.05, 0) is 18.5 Å². The summed E-state index contributed by atoms with van der Waals surface area (Å²) in [5, 5.41) is 14.0. The number of aromatic nitrogens is 2. The minimum absolute atomic E-state index is 0.0804. The van der Waals surface area contributed by atoms with E-state index in [4.69, 9.17) is 0 Å². The van der Waals surface area contributed by atoms with Crippen molar-refractivity contribution in [2.45, 2.75) is 45.6 Å². The van der Waals surface area contributed by atoms with Gasteiger partial charge in [0.15, 0.2) is 0 Å². The molecule has 0 aromatic carbocycles. The predicted molar refractivity (Wildman–Crippen MR) is 61.6 cm³/mol. The molecule has 1 N–H and O–H groups in total. The number of hydrogen-bond acceptors (Lipinski definition) is 4. The monoisotopic (exact) mass is 224 g/mol. The van der Waals surface area contributed by atoms with E-state index in [2.05, 4.69) is 42.2 Å². The second kappa shape index (κ2) is 4.73. The third-order valence-electron chi connectivity index (χ3n) is 2.00. The van der Waals surface area contributed by atoms with Crippen molar-refractivity contribution in [3.8, 4) is 11.8 Å². The summed E-state index contributed by atoms with van der Waals surface area (Å²) in [4.78, 5) is 0.838. The fraction of sp³-hybridized carbons (Fsp3) is 0.636. The van der Waals surface area contributed by atoms with Crippen molar-refractivity contribution in [2.24, 2.45) is 0 Å². The lowest BCUT2D eigenvalue weighted by Crippen LogP contribution is -2.15. The molecule has 0 aliphatic heterocycles. The van der Waals surface area contributed by atoms with Gasteiger partial charge in [-0.3, -0.25) is 0 Å². The zero-order valence-corrected chi connectivity index (χ0v) is 10.4. The van der Waals surface area contributed by atoms with Crippen LogP contribution in [0.5, 0.6) is 0 Å². The molecule has 4 heteroatoms.